The molecule has 1 aliphatic rings. The SMILES string of the molecule is Cc1ccc(NC(=O)[C@@H]2C(=O)N(C)C[C@H]2c2ccc(C(F)(F)F)cc2)c(F)c1. The lowest BCUT2D eigenvalue weighted by Crippen LogP contribution is -2.33. The number of carbonyl (C=O) groups excluding carboxylic acids is 2. The summed E-state index contributed by atoms with van der Waals surface area (Å²) in [5, 5.41) is 2.42. The minimum absolute atomic E-state index is 0.0517. The van der Waals surface area contributed by atoms with Crippen LogP contribution in [-0.2, 0) is 15.8 Å². The molecule has 3 rings (SSSR count). The van der Waals surface area contributed by atoms with Gasteiger partial charge in [0, 0.05) is 19.5 Å². The van der Waals surface area contributed by atoms with Crippen LogP contribution >= 0.6 is 0 Å². The number of nitrogens with one attached hydrogen (secondary N) is 1. The Morgan fingerprint density at radius 3 is 2.36 bits per heavy atom. The second kappa shape index (κ2) is 7.26. The quantitative estimate of drug-likeness (QED) is 0.633. The van der Waals surface area contributed by atoms with E-state index in [1.54, 1.807) is 13.0 Å². The fourth-order valence-corrected chi connectivity index (χ4v) is 3.34. The van der Waals surface area contributed by atoms with Crippen molar-refractivity contribution in [3.63, 3.8) is 0 Å². The number of alkyl halides is 3. The first-order valence-corrected chi connectivity index (χ1v) is 8.57. The standard InChI is InChI=1S/C20H18F4N2O2/c1-11-3-8-16(15(21)9-11)25-18(27)17-14(10-26(2)19(17)28)12-4-6-13(7-5-12)20(22,23)24/h3-9,14,17H,10H2,1-2H3,(H,25,27)/t14-,17+/m0/s1. The van der Waals surface area contributed by atoms with Crippen LogP contribution in [0.5, 0.6) is 0 Å². The van der Waals surface area contributed by atoms with Gasteiger partial charge in [-0.2, -0.15) is 13.2 Å². The zero-order chi connectivity index (χ0) is 20.6. The van der Waals surface area contributed by atoms with Crippen molar-refractivity contribution in [2.75, 3.05) is 18.9 Å². The van der Waals surface area contributed by atoms with Gasteiger partial charge in [0.1, 0.15) is 11.7 Å². The summed E-state index contributed by atoms with van der Waals surface area (Å²) in [4.78, 5) is 26.5. The Balaban J connectivity index is 1.87. The number of likely N-dealkylation sites (N-methyl/N-ethyl adjacent to an activating group) is 1. The highest BCUT2D eigenvalue weighted by atomic mass is 19.4. The Morgan fingerprint density at radius 2 is 1.79 bits per heavy atom. The van der Waals surface area contributed by atoms with Crippen LogP contribution < -0.4 is 5.32 Å². The van der Waals surface area contributed by atoms with Gasteiger partial charge in [0.25, 0.3) is 0 Å². The average molecular weight is 394 g/mol. The summed E-state index contributed by atoms with van der Waals surface area (Å²) in [6, 6.07) is 8.66. The van der Waals surface area contributed by atoms with Crippen molar-refractivity contribution >= 4 is 17.5 Å². The lowest BCUT2D eigenvalue weighted by molar-refractivity contribution is -0.138. The minimum atomic E-state index is -4.47. The summed E-state index contributed by atoms with van der Waals surface area (Å²) in [6.45, 7) is 1.88. The van der Waals surface area contributed by atoms with Crippen molar-refractivity contribution in [2.45, 2.75) is 19.0 Å². The number of anilines is 1. The van der Waals surface area contributed by atoms with Gasteiger partial charge in [-0.25, -0.2) is 4.39 Å². The van der Waals surface area contributed by atoms with Crippen molar-refractivity contribution < 1.29 is 27.2 Å². The Kier molecular flexibility index (Phi) is 5.14. The van der Waals surface area contributed by atoms with E-state index in [0.717, 1.165) is 12.1 Å². The van der Waals surface area contributed by atoms with E-state index >= 15 is 0 Å². The van der Waals surface area contributed by atoms with E-state index in [1.165, 1.54) is 36.2 Å². The maximum atomic E-state index is 14.0. The zero-order valence-electron chi connectivity index (χ0n) is 15.2. The van der Waals surface area contributed by atoms with Gasteiger partial charge in [-0.15, -0.1) is 0 Å². The van der Waals surface area contributed by atoms with Crippen LogP contribution in [0.4, 0.5) is 23.2 Å². The molecule has 2 aromatic carbocycles. The molecule has 28 heavy (non-hydrogen) atoms. The third-order valence-corrected chi connectivity index (χ3v) is 4.85. The molecule has 1 N–H and O–H groups in total. The van der Waals surface area contributed by atoms with Crippen molar-refractivity contribution in [1.29, 1.82) is 0 Å². The molecule has 0 aromatic heterocycles. The molecule has 0 bridgehead atoms. The Bertz CT molecular complexity index is 909. The number of likely N-dealkylation sites (tertiary alicyclic amines) is 1. The summed E-state index contributed by atoms with van der Waals surface area (Å²) < 4.78 is 52.3. The number of rotatable bonds is 3. The molecule has 1 fully saturated rings. The largest absolute Gasteiger partial charge is 0.416 e. The number of hydrogen-bond acceptors (Lipinski definition) is 2. The second-order valence-corrected chi connectivity index (χ2v) is 6.90. The molecule has 0 spiro atoms. The highest BCUT2D eigenvalue weighted by Gasteiger charge is 2.44. The van der Waals surface area contributed by atoms with E-state index in [9.17, 15) is 27.2 Å². The van der Waals surface area contributed by atoms with Crippen molar-refractivity contribution in [1.82, 2.24) is 4.90 Å². The number of nitrogens with zero attached hydrogens (tertiary/aromatic N) is 1. The lowest BCUT2D eigenvalue weighted by atomic mass is 9.87. The molecule has 0 saturated carbocycles. The summed E-state index contributed by atoms with van der Waals surface area (Å²) in [7, 11) is 1.51. The van der Waals surface area contributed by atoms with E-state index in [2.05, 4.69) is 5.32 Å². The first-order valence-electron chi connectivity index (χ1n) is 8.57. The molecule has 0 radical (unpaired) electrons. The molecule has 0 unspecified atom stereocenters. The van der Waals surface area contributed by atoms with E-state index < -0.39 is 41.2 Å². The van der Waals surface area contributed by atoms with Gasteiger partial charge in [0.2, 0.25) is 11.8 Å². The number of benzene rings is 2. The van der Waals surface area contributed by atoms with E-state index in [1.807, 2.05) is 0 Å². The van der Waals surface area contributed by atoms with Gasteiger partial charge in [-0.3, -0.25) is 9.59 Å². The molecule has 1 aliphatic heterocycles. The van der Waals surface area contributed by atoms with E-state index in [4.69, 9.17) is 0 Å². The van der Waals surface area contributed by atoms with Crippen LogP contribution in [0, 0.1) is 18.7 Å². The second-order valence-electron chi connectivity index (χ2n) is 6.90. The van der Waals surface area contributed by atoms with Crippen molar-refractivity contribution in [3.8, 4) is 0 Å². The Hall–Kier alpha value is -2.90. The van der Waals surface area contributed by atoms with Crippen molar-refractivity contribution in [3.05, 3.63) is 65.0 Å². The Labute approximate surface area is 159 Å². The zero-order valence-corrected chi connectivity index (χ0v) is 15.2. The summed E-state index contributed by atoms with van der Waals surface area (Å²) in [6.07, 6.45) is -4.47. The third-order valence-electron chi connectivity index (χ3n) is 4.85. The fraction of sp³-hybridized carbons (Fsp3) is 0.300. The average Bonchev–Trinajstić information content (AvgIpc) is 2.92. The first kappa shape index (κ1) is 19.9. The summed E-state index contributed by atoms with van der Waals surface area (Å²) >= 11 is 0. The topological polar surface area (TPSA) is 49.4 Å². The maximum Gasteiger partial charge on any atom is 0.416 e. The molecule has 0 aliphatic carbocycles. The van der Waals surface area contributed by atoms with Crippen LogP contribution in [0.15, 0.2) is 42.5 Å². The number of hydrogen-bond donors (Lipinski definition) is 1. The van der Waals surface area contributed by atoms with Gasteiger partial charge in [-0.05, 0) is 42.3 Å². The first-order chi connectivity index (χ1) is 13.1. The number of aryl methyl sites for hydroxylation is 1. The highest BCUT2D eigenvalue weighted by Crippen LogP contribution is 2.36. The van der Waals surface area contributed by atoms with Crippen LogP contribution in [-0.4, -0.2) is 30.3 Å². The molecule has 1 heterocycles. The van der Waals surface area contributed by atoms with Crippen LogP contribution in [0.25, 0.3) is 0 Å². The molecule has 148 valence electrons. The van der Waals surface area contributed by atoms with Gasteiger partial charge >= 0.3 is 6.18 Å². The van der Waals surface area contributed by atoms with E-state index in [0.29, 0.717) is 11.1 Å². The summed E-state index contributed by atoms with van der Waals surface area (Å²) in [5.41, 5.74) is 0.255. The van der Waals surface area contributed by atoms with Crippen LogP contribution in [0.1, 0.15) is 22.6 Å². The molecule has 1 saturated heterocycles. The molecular formula is C20H18F4N2O2. The molecule has 2 amide bonds. The maximum absolute atomic E-state index is 14.0. The molecule has 8 heteroatoms. The van der Waals surface area contributed by atoms with Crippen LogP contribution in [0.3, 0.4) is 0 Å². The number of carbonyl (C=O) groups is 2. The van der Waals surface area contributed by atoms with Crippen molar-refractivity contribution in [2.24, 2.45) is 5.92 Å². The highest BCUT2D eigenvalue weighted by molar-refractivity contribution is 6.08. The smallest absolute Gasteiger partial charge is 0.344 e. The molecular weight excluding hydrogens is 376 g/mol. The monoisotopic (exact) mass is 394 g/mol. The van der Waals surface area contributed by atoms with Gasteiger partial charge in [-0.1, -0.05) is 18.2 Å². The van der Waals surface area contributed by atoms with Gasteiger partial charge < -0.3 is 10.2 Å². The third kappa shape index (κ3) is 3.85. The molecule has 4 nitrogen and oxygen atoms in total. The molecule has 2 atom stereocenters. The Morgan fingerprint density at radius 1 is 1.14 bits per heavy atom. The number of halogens is 4. The number of amides is 2. The van der Waals surface area contributed by atoms with Crippen LogP contribution in [0.2, 0.25) is 0 Å². The predicted molar refractivity (Wildman–Crippen MR) is 95.1 cm³/mol. The van der Waals surface area contributed by atoms with E-state index in [-0.39, 0.29) is 12.2 Å². The molecule has 2 aromatic rings. The lowest BCUT2D eigenvalue weighted by Gasteiger charge is -2.18. The minimum Gasteiger partial charge on any atom is -0.344 e. The fourth-order valence-electron chi connectivity index (χ4n) is 3.34. The predicted octanol–water partition coefficient (Wildman–Crippen LogP) is 3.96. The summed E-state index contributed by atoms with van der Waals surface area (Å²) in [5.74, 6) is -3.56. The van der Waals surface area contributed by atoms with Gasteiger partial charge in [0.05, 0.1) is 11.3 Å². The normalized spacial score (nSPS) is 19.8. The van der Waals surface area contributed by atoms with Gasteiger partial charge in [0.15, 0.2) is 0 Å².